The second-order valence-corrected chi connectivity index (χ2v) is 3.42. The Morgan fingerprint density at radius 1 is 1.33 bits per heavy atom. The standard InChI is InChI=1S/C11H7ClO3/c12-8-3-1-2-7(6-8)10-9(11(13)14)4-5-15-10/h1-6H,(H,13,14). The van der Waals surface area contributed by atoms with Crippen LogP contribution in [0.3, 0.4) is 0 Å². The van der Waals surface area contributed by atoms with Gasteiger partial charge in [-0.3, -0.25) is 0 Å². The molecule has 0 bridgehead atoms. The zero-order valence-electron chi connectivity index (χ0n) is 7.61. The third-order valence-corrected chi connectivity index (χ3v) is 2.22. The fourth-order valence-electron chi connectivity index (χ4n) is 1.33. The van der Waals surface area contributed by atoms with Gasteiger partial charge < -0.3 is 9.52 Å². The molecule has 0 aliphatic carbocycles. The Hall–Kier alpha value is -1.74. The van der Waals surface area contributed by atoms with Crippen molar-refractivity contribution in [2.45, 2.75) is 0 Å². The number of benzene rings is 1. The van der Waals surface area contributed by atoms with Crippen molar-refractivity contribution in [1.82, 2.24) is 0 Å². The van der Waals surface area contributed by atoms with Gasteiger partial charge >= 0.3 is 5.97 Å². The van der Waals surface area contributed by atoms with Crippen LogP contribution in [0.4, 0.5) is 0 Å². The molecule has 0 saturated carbocycles. The van der Waals surface area contributed by atoms with E-state index in [0.29, 0.717) is 16.3 Å². The van der Waals surface area contributed by atoms with E-state index in [0.717, 1.165) is 0 Å². The number of aromatic carboxylic acids is 1. The van der Waals surface area contributed by atoms with Crippen LogP contribution in [0.15, 0.2) is 41.0 Å². The van der Waals surface area contributed by atoms with Gasteiger partial charge in [-0.25, -0.2) is 4.79 Å². The Kier molecular flexibility index (Phi) is 2.47. The van der Waals surface area contributed by atoms with Crippen molar-refractivity contribution in [1.29, 1.82) is 0 Å². The zero-order chi connectivity index (χ0) is 10.8. The zero-order valence-corrected chi connectivity index (χ0v) is 8.36. The lowest BCUT2D eigenvalue weighted by atomic mass is 10.1. The van der Waals surface area contributed by atoms with Gasteiger partial charge in [-0.15, -0.1) is 0 Å². The van der Waals surface area contributed by atoms with Gasteiger partial charge in [-0.05, 0) is 18.2 Å². The molecule has 0 atom stereocenters. The van der Waals surface area contributed by atoms with Crippen LogP contribution in [0.1, 0.15) is 10.4 Å². The van der Waals surface area contributed by atoms with Gasteiger partial charge in [0.1, 0.15) is 11.3 Å². The summed E-state index contributed by atoms with van der Waals surface area (Å²) in [6, 6.07) is 8.28. The number of hydrogen-bond donors (Lipinski definition) is 1. The first-order chi connectivity index (χ1) is 7.18. The molecule has 2 aromatic rings. The average Bonchev–Trinajstić information content (AvgIpc) is 2.65. The molecule has 1 N–H and O–H groups in total. The van der Waals surface area contributed by atoms with Crippen molar-refractivity contribution in [2.24, 2.45) is 0 Å². The molecule has 15 heavy (non-hydrogen) atoms. The second kappa shape index (κ2) is 3.79. The van der Waals surface area contributed by atoms with Gasteiger partial charge in [-0.1, -0.05) is 23.7 Å². The molecule has 0 aliphatic heterocycles. The Labute approximate surface area is 90.9 Å². The number of carbonyl (C=O) groups is 1. The van der Waals surface area contributed by atoms with Crippen molar-refractivity contribution in [2.75, 3.05) is 0 Å². The van der Waals surface area contributed by atoms with Gasteiger partial charge in [0.25, 0.3) is 0 Å². The highest BCUT2D eigenvalue weighted by atomic mass is 35.5. The summed E-state index contributed by atoms with van der Waals surface area (Å²) >= 11 is 5.80. The van der Waals surface area contributed by atoms with Crippen molar-refractivity contribution >= 4 is 17.6 Å². The largest absolute Gasteiger partial charge is 0.478 e. The van der Waals surface area contributed by atoms with Crippen LogP contribution in [0, 0.1) is 0 Å². The topological polar surface area (TPSA) is 50.4 Å². The molecule has 3 nitrogen and oxygen atoms in total. The molecule has 2 rings (SSSR count). The highest BCUT2D eigenvalue weighted by Gasteiger charge is 2.14. The molecule has 0 amide bonds. The number of carboxylic acid groups (broad SMARTS) is 1. The molecule has 0 saturated heterocycles. The summed E-state index contributed by atoms with van der Waals surface area (Å²) in [4.78, 5) is 10.8. The minimum Gasteiger partial charge on any atom is -0.478 e. The SMILES string of the molecule is O=C(O)c1ccoc1-c1cccc(Cl)c1. The van der Waals surface area contributed by atoms with Gasteiger partial charge in [-0.2, -0.15) is 0 Å². The summed E-state index contributed by atoms with van der Waals surface area (Å²) in [6.45, 7) is 0. The first kappa shape index (κ1) is 9.80. The summed E-state index contributed by atoms with van der Waals surface area (Å²) in [5.74, 6) is -0.691. The van der Waals surface area contributed by atoms with E-state index in [1.165, 1.54) is 12.3 Å². The Bertz CT molecular complexity index is 502. The summed E-state index contributed by atoms with van der Waals surface area (Å²) < 4.78 is 5.13. The van der Waals surface area contributed by atoms with Crippen LogP contribution in [0.25, 0.3) is 11.3 Å². The molecule has 0 aliphatic rings. The minimum atomic E-state index is -1.02. The quantitative estimate of drug-likeness (QED) is 0.848. The molecule has 76 valence electrons. The highest BCUT2D eigenvalue weighted by Crippen LogP contribution is 2.26. The van der Waals surface area contributed by atoms with Crippen LogP contribution in [-0.2, 0) is 0 Å². The van der Waals surface area contributed by atoms with Crippen LogP contribution < -0.4 is 0 Å². The maximum atomic E-state index is 10.8. The van der Waals surface area contributed by atoms with Crippen LogP contribution in [0.5, 0.6) is 0 Å². The van der Waals surface area contributed by atoms with Crippen LogP contribution >= 0.6 is 11.6 Å². The fourth-order valence-corrected chi connectivity index (χ4v) is 1.52. The second-order valence-electron chi connectivity index (χ2n) is 2.98. The smallest absolute Gasteiger partial charge is 0.339 e. The molecule has 1 aromatic carbocycles. The molecule has 1 heterocycles. The predicted molar refractivity (Wildman–Crippen MR) is 56.1 cm³/mol. The molecule has 4 heteroatoms. The lowest BCUT2D eigenvalue weighted by Crippen LogP contribution is -1.95. The summed E-state index contributed by atoms with van der Waals surface area (Å²) in [5, 5.41) is 9.43. The van der Waals surface area contributed by atoms with E-state index in [9.17, 15) is 4.79 Å². The molecule has 1 aromatic heterocycles. The molecule has 0 spiro atoms. The third-order valence-electron chi connectivity index (χ3n) is 1.98. The maximum absolute atomic E-state index is 10.8. The van der Waals surface area contributed by atoms with Gasteiger partial charge in [0.15, 0.2) is 0 Å². The molecule has 0 unspecified atom stereocenters. The van der Waals surface area contributed by atoms with E-state index < -0.39 is 5.97 Å². The van der Waals surface area contributed by atoms with Crippen molar-refractivity contribution in [3.63, 3.8) is 0 Å². The van der Waals surface area contributed by atoms with Crippen molar-refractivity contribution < 1.29 is 14.3 Å². The first-order valence-corrected chi connectivity index (χ1v) is 4.63. The average molecular weight is 223 g/mol. The van der Waals surface area contributed by atoms with Gasteiger partial charge in [0.2, 0.25) is 0 Å². The summed E-state index contributed by atoms with van der Waals surface area (Å²) in [7, 11) is 0. The number of hydrogen-bond acceptors (Lipinski definition) is 2. The van der Waals surface area contributed by atoms with Crippen molar-refractivity contribution in [3.05, 3.63) is 47.2 Å². The molecule has 0 fully saturated rings. The lowest BCUT2D eigenvalue weighted by Gasteiger charge is -1.99. The Morgan fingerprint density at radius 2 is 2.13 bits per heavy atom. The minimum absolute atomic E-state index is 0.136. The van der Waals surface area contributed by atoms with E-state index in [-0.39, 0.29) is 5.56 Å². The maximum Gasteiger partial charge on any atom is 0.339 e. The van der Waals surface area contributed by atoms with E-state index in [1.807, 2.05) is 0 Å². The third kappa shape index (κ3) is 1.87. The normalized spacial score (nSPS) is 10.2. The van der Waals surface area contributed by atoms with E-state index in [1.54, 1.807) is 24.3 Å². The Balaban J connectivity index is 2.54. The molecular weight excluding hydrogens is 216 g/mol. The van der Waals surface area contributed by atoms with Crippen molar-refractivity contribution in [3.8, 4) is 11.3 Å². The van der Waals surface area contributed by atoms with Crippen LogP contribution in [-0.4, -0.2) is 11.1 Å². The van der Waals surface area contributed by atoms with Crippen LogP contribution in [0.2, 0.25) is 5.02 Å². The Morgan fingerprint density at radius 3 is 2.80 bits per heavy atom. The first-order valence-electron chi connectivity index (χ1n) is 4.25. The summed E-state index contributed by atoms with van der Waals surface area (Å²) in [5.41, 5.74) is 0.794. The number of halogens is 1. The van der Waals surface area contributed by atoms with E-state index in [4.69, 9.17) is 21.1 Å². The number of carboxylic acids is 1. The van der Waals surface area contributed by atoms with E-state index >= 15 is 0 Å². The molecular formula is C11H7ClO3. The monoisotopic (exact) mass is 222 g/mol. The van der Waals surface area contributed by atoms with E-state index in [2.05, 4.69) is 0 Å². The predicted octanol–water partition coefficient (Wildman–Crippen LogP) is 3.30. The van der Waals surface area contributed by atoms with Gasteiger partial charge in [0.05, 0.1) is 6.26 Å². The number of furan rings is 1. The molecule has 0 radical (unpaired) electrons. The number of rotatable bonds is 2. The van der Waals surface area contributed by atoms with Gasteiger partial charge in [0, 0.05) is 10.6 Å². The fraction of sp³-hybridized carbons (Fsp3) is 0. The summed E-state index contributed by atoms with van der Waals surface area (Å²) in [6.07, 6.45) is 1.35. The lowest BCUT2D eigenvalue weighted by molar-refractivity contribution is 0.0697. The highest BCUT2D eigenvalue weighted by molar-refractivity contribution is 6.30.